The summed E-state index contributed by atoms with van der Waals surface area (Å²) in [4.78, 5) is 33.8. The van der Waals surface area contributed by atoms with Gasteiger partial charge in [0.25, 0.3) is 5.56 Å². The van der Waals surface area contributed by atoms with Gasteiger partial charge in [0, 0.05) is 18.2 Å². The molecule has 0 aliphatic carbocycles. The van der Waals surface area contributed by atoms with E-state index in [1.165, 1.54) is 13.1 Å². The van der Waals surface area contributed by atoms with E-state index in [1.54, 1.807) is 0 Å². The topological polar surface area (TPSA) is 137 Å². The van der Waals surface area contributed by atoms with E-state index >= 15 is 0 Å². The van der Waals surface area contributed by atoms with Crippen LogP contribution in [0.4, 0.5) is 4.39 Å². The van der Waals surface area contributed by atoms with E-state index in [2.05, 4.69) is 9.51 Å². The predicted molar refractivity (Wildman–Crippen MR) is 69.4 cm³/mol. The number of aromatic nitrogens is 2. The molecule has 4 N–H and O–H groups in total. The van der Waals surface area contributed by atoms with Crippen molar-refractivity contribution in [2.45, 2.75) is 31.8 Å². The van der Waals surface area contributed by atoms with Crippen molar-refractivity contribution in [2.24, 2.45) is 5.50 Å². The zero-order valence-corrected chi connectivity index (χ0v) is 12.0. The van der Waals surface area contributed by atoms with Gasteiger partial charge in [-0.2, -0.15) is 0 Å². The van der Waals surface area contributed by atoms with Crippen LogP contribution < -0.4 is 16.8 Å². The smallest absolute Gasteiger partial charge is 0.349 e. The molecule has 11 heteroatoms. The second-order valence-electron chi connectivity index (χ2n) is 4.72. The standard InChI is InChI=1S/C10H15FN3O6P/c1-5-3-14(10(16)13-9(5)15)8-2-6(11)7(20-8)4-19-21(12,17)18/h3,6-8H,2,4H2,1H3,(H3,12,17,18)(H,13,15,16)/t6-,7+,8+/m0/s1. The SMILES string of the molecule is Cc1cn([C@H]2C[C@H](F)[C@@H](COP(N)(=O)O)O2)c(=O)[nH]c1=O. The molecule has 4 atom stereocenters. The number of alkyl halides is 1. The maximum atomic E-state index is 13.8. The lowest BCUT2D eigenvalue weighted by Gasteiger charge is -2.16. The van der Waals surface area contributed by atoms with Gasteiger partial charge in [0.05, 0.1) is 6.61 Å². The Morgan fingerprint density at radius 3 is 2.95 bits per heavy atom. The average molecular weight is 323 g/mol. The number of hydrogen-bond acceptors (Lipinski definition) is 5. The summed E-state index contributed by atoms with van der Waals surface area (Å²) in [5, 5.41) is 0. The van der Waals surface area contributed by atoms with Crippen molar-refractivity contribution < 1.29 is 23.1 Å². The number of nitrogens with two attached hydrogens (primary N) is 1. The Morgan fingerprint density at radius 1 is 1.67 bits per heavy atom. The van der Waals surface area contributed by atoms with Crippen LogP contribution in [-0.4, -0.2) is 33.3 Å². The first-order valence-electron chi connectivity index (χ1n) is 6.05. The average Bonchev–Trinajstić information content (AvgIpc) is 2.72. The molecule has 118 valence electrons. The number of aromatic amines is 1. The van der Waals surface area contributed by atoms with Crippen molar-refractivity contribution in [3.05, 3.63) is 32.6 Å². The summed E-state index contributed by atoms with van der Waals surface area (Å²) >= 11 is 0. The van der Waals surface area contributed by atoms with E-state index in [-0.39, 0.29) is 12.0 Å². The second-order valence-corrected chi connectivity index (χ2v) is 6.11. The Labute approximate surface area is 118 Å². The van der Waals surface area contributed by atoms with Crippen LogP contribution in [-0.2, 0) is 13.8 Å². The van der Waals surface area contributed by atoms with E-state index in [9.17, 15) is 18.5 Å². The van der Waals surface area contributed by atoms with E-state index in [1.807, 2.05) is 0 Å². The minimum atomic E-state index is -4.22. The van der Waals surface area contributed by atoms with Gasteiger partial charge in [0.2, 0.25) is 0 Å². The molecular weight excluding hydrogens is 308 g/mol. The largest absolute Gasteiger partial charge is 0.400 e. The summed E-state index contributed by atoms with van der Waals surface area (Å²) in [6.45, 7) is 0.979. The van der Waals surface area contributed by atoms with Crippen LogP contribution in [0.3, 0.4) is 0 Å². The fraction of sp³-hybridized carbons (Fsp3) is 0.600. The van der Waals surface area contributed by atoms with Crippen molar-refractivity contribution in [3.8, 4) is 0 Å². The van der Waals surface area contributed by atoms with Gasteiger partial charge in [-0.05, 0) is 6.92 Å². The fourth-order valence-electron chi connectivity index (χ4n) is 1.99. The molecule has 0 saturated carbocycles. The summed E-state index contributed by atoms with van der Waals surface area (Å²) in [6, 6.07) is 0. The summed E-state index contributed by atoms with van der Waals surface area (Å²) < 4.78 is 35.4. The number of ether oxygens (including phenoxy) is 1. The molecular formula is C10H15FN3O6P. The molecule has 0 radical (unpaired) electrons. The molecule has 9 nitrogen and oxygen atoms in total. The number of hydrogen-bond donors (Lipinski definition) is 3. The van der Waals surface area contributed by atoms with Crippen LogP contribution in [0.15, 0.2) is 15.8 Å². The van der Waals surface area contributed by atoms with Crippen LogP contribution in [0.2, 0.25) is 0 Å². The van der Waals surface area contributed by atoms with Gasteiger partial charge < -0.3 is 9.63 Å². The van der Waals surface area contributed by atoms with Crippen molar-refractivity contribution in [1.29, 1.82) is 0 Å². The Bertz CT molecular complexity index is 682. The number of rotatable bonds is 4. The minimum absolute atomic E-state index is 0.153. The molecule has 0 spiro atoms. The molecule has 1 aromatic heterocycles. The Hall–Kier alpha value is -1.32. The van der Waals surface area contributed by atoms with Gasteiger partial charge in [-0.3, -0.25) is 18.9 Å². The zero-order valence-electron chi connectivity index (χ0n) is 11.1. The highest BCUT2D eigenvalue weighted by Crippen LogP contribution is 2.35. The fourth-order valence-corrected chi connectivity index (χ4v) is 2.35. The van der Waals surface area contributed by atoms with Crippen molar-refractivity contribution in [2.75, 3.05) is 6.61 Å². The van der Waals surface area contributed by atoms with E-state index in [0.29, 0.717) is 0 Å². The summed E-state index contributed by atoms with van der Waals surface area (Å²) in [7, 11) is -4.22. The van der Waals surface area contributed by atoms with Gasteiger partial charge in [0.1, 0.15) is 18.5 Å². The quantitative estimate of drug-likeness (QED) is 0.638. The van der Waals surface area contributed by atoms with Crippen molar-refractivity contribution in [1.82, 2.24) is 9.55 Å². The Balaban J connectivity index is 2.14. The molecule has 1 aliphatic heterocycles. The second kappa shape index (κ2) is 5.82. The molecule has 0 amide bonds. The number of H-pyrrole nitrogens is 1. The van der Waals surface area contributed by atoms with E-state index in [4.69, 9.17) is 15.1 Å². The van der Waals surface area contributed by atoms with Gasteiger partial charge in [0.15, 0.2) is 0 Å². The molecule has 0 aromatic carbocycles. The van der Waals surface area contributed by atoms with Crippen LogP contribution >= 0.6 is 7.75 Å². The lowest BCUT2D eigenvalue weighted by molar-refractivity contribution is -0.0322. The molecule has 2 rings (SSSR count). The number of halogens is 1. The first-order valence-corrected chi connectivity index (χ1v) is 7.69. The molecule has 2 heterocycles. The van der Waals surface area contributed by atoms with E-state index < -0.39 is 44.1 Å². The van der Waals surface area contributed by atoms with Crippen LogP contribution in [0.1, 0.15) is 18.2 Å². The molecule has 1 aliphatic rings. The number of aryl methyl sites for hydroxylation is 1. The van der Waals surface area contributed by atoms with Gasteiger partial charge >= 0.3 is 13.4 Å². The third kappa shape index (κ3) is 3.86. The maximum Gasteiger partial charge on any atom is 0.400 e. The molecule has 1 fully saturated rings. The Kier molecular flexibility index (Phi) is 4.45. The monoisotopic (exact) mass is 323 g/mol. The predicted octanol–water partition coefficient (Wildman–Crippen LogP) is -0.454. The first-order chi connectivity index (χ1) is 9.67. The van der Waals surface area contributed by atoms with Crippen LogP contribution in [0, 0.1) is 6.92 Å². The summed E-state index contributed by atoms with van der Waals surface area (Å²) in [6.07, 6.45) is -2.45. The minimum Gasteiger partial charge on any atom is -0.349 e. The lowest BCUT2D eigenvalue weighted by atomic mass is 10.2. The molecule has 21 heavy (non-hydrogen) atoms. The summed E-state index contributed by atoms with van der Waals surface area (Å²) in [5.74, 6) is 0. The van der Waals surface area contributed by atoms with Crippen molar-refractivity contribution >= 4 is 7.75 Å². The van der Waals surface area contributed by atoms with Crippen LogP contribution in [0.5, 0.6) is 0 Å². The third-order valence-corrected chi connectivity index (χ3v) is 3.56. The zero-order chi connectivity index (χ0) is 15.8. The highest BCUT2D eigenvalue weighted by Gasteiger charge is 2.38. The molecule has 1 saturated heterocycles. The van der Waals surface area contributed by atoms with Gasteiger partial charge in [-0.25, -0.2) is 19.3 Å². The maximum absolute atomic E-state index is 13.8. The number of nitrogens with zero attached hydrogens (tertiary/aromatic N) is 1. The van der Waals surface area contributed by atoms with E-state index in [0.717, 1.165) is 4.57 Å². The molecule has 1 aromatic rings. The molecule has 1 unspecified atom stereocenters. The lowest BCUT2D eigenvalue weighted by Crippen LogP contribution is -2.33. The highest BCUT2D eigenvalue weighted by molar-refractivity contribution is 7.50. The Morgan fingerprint density at radius 2 is 2.33 bits per heavy atom. The third-order valence-electron chi connectivity index (χ3n) is 3.04. The highest BCUT2D eigenvalue weighted by atomic mass is 31.2. The number of nitrogens with one attached hydrogen (secondary N) is 1. The first kappa shape index (κ1) is 16.1. The van der Waals surface area contributed by atoms with Gasteiger partial charge in [-0.15, -0.1) is 0 Å². The normalized spacial score (nSPS) is 28.5. The van der Waals surface area contributed by atoms with Crippen molar-refractivity contribution in [3.63, 3.8) is 0 Å². The van der Waals surface area contributed by atoms with Gasteiger partial charge in [-0.1, -0.05) is 0 Å². The van der Waals surface area contributed by atoms with Crippen LogP contribution in [0.25, 0.3) is 0 Å². The summed E-state index contributed by atoms with van der Waals surface area (Å²) in [5.41, 5.74) is 3.80. The molecule has 0 bridgehead atoms.